The average molecular weight is 278 g/mol. The van der Waals surface area contributed by atoms with E-state index in [1.54, 1.807) is 10.7 Å². The van der Waals surface area contributed by atoms with Crippen molar-refractivity contribution in [2.24, 2.45) is 0 Å². The second kappa shape index (κ2) is 4.59. The highest BCUT2D eigenvalue weighted by Crippen LogP contribution is 2.27. The summed E-state index contributed by atoms with van der Waals surface area (Å²) in [5, 5.41) is 5.21. The first-order valence-electron chi connectivity index (χ1n) is 5.44. The number of rotatable bonds is 2. The van der Waals surface area contributed by atoms with Gasteiger partial charge in [0.15, 0.2) is 5.65 Å². The van der Waals surface area contributed by atoms with Crippen LogP contribution in [-0.2, 0) is 5.88 Å². The molecule has 0 aliphatic heterocycles. The first-order chi connectivity index (χ1) is 8.79. The number of fused-ring (bicyclic) bond motifs is 1. The molecule has 0 N–H and O–H groups in total. The molecule has 3 rings (SSSR count). The largest absolute Gasteiger partial charge is 0.237 e. The molecule has 2 aromatic heterocycles. The van der Waals surface area contributed by atoms with Crippen LogP contribution in [0, 0.1) is 0 Å². The Morgan fingerprint density at radius 2 is 1.94 bits per heavy atom. The van der Waals surface area contributed by atoms with Gasteiger partial charge in [0.2, 0.25) is 0 Å². The van der Waals surface area contributed by atoms with Crippen molar-refractivity contribution in [1.82, 2.24) is 14.6 Å². The third-order valence-electron chi connectivity index (χ3n) is 2.74. The second-order valence-corrected chi connectivity index (χ2v) is 4.56. The SMILES string of the molecule is ClCc1c(-c2ccc(Cl)cc2)nn2cccnc12. The van der Waals surface area contributed by atoms with E-state index >= 15 is 0 Å². The Morgan fingerprint density at radius 3 is 2.67 bits per heavy atom. The summed E-state index contributed by atoms with van der Waals surface area (Å²) in [6.07, 6.45) is 3.59. The van der Waals surface area contributed by atoms with Gasteiger partial charge in [-0.25, -0.2) is 9.50 Å². The molecular formula is C13H9Cl2N3. The van der Waals surface area contributed by atoms with Gasteiger partial charge >= 0.3 is 0 Å². The van der Waals surface area contributed by atoms with Gasteiger partial charge < -0.3 is 0 Å². The van der Waals surface area contributed by atoms with Crippen molar-refractivity contribution in [3.8, 4) is 11.3 Å². The number of hydrogen-bond donors (Lipinski definition) is 0. The zero-order valence-electron chi connectivity index (χ0n) is 9.35. The first kappa shape index (κ1) is 11.5. The summed E-state index contributed by atoms with van der Waals surface area (Å²) in [6.45, 7) is 0. The van der Waals surface area contributed by atoms with E-state index in [4.69, 9.17) is 23.2 Å². The number of nitrogens with zero attached hydrogens (tertiary/aromatic N) is 3. The van der Waals surface area contributed by atoms with E-state index in [-0.39, 0.29) is 0 Å². The molecule has 0 bridgehead atoms. The normalized spacial score (nSPS) is 11.0. The number of benzene rings is 1. The molecule has 0 amide bonds. The van der Waals surface area contributed by atoms with Crippen LogP contribution in [0.1, 0.15) is 5.56 Å². The van der Waals surface area contributed by atoms with Crippen LogP contribution in [0.2, 0.25) is 5.02 Å². The smallest absolute Gasteiger partial charge is 0.159 e. The Balaban J connectivity index is 2.25. The Bertz CT molecular complexity index is 689. The van der Waals surface area contributed by atoms with Crippen LogP contribution in [0.3, 0.4) is 0 Å². The second-order valence-electron chi connectivity index (χ2n) is 3.86. The molecule has 0 saturated heterocycles. The van der Waals surface area contributed by atoms with E-state index < -0.39 is 0 Å². The zero-order valence-corrected chi connectivity index (χ0v) is 10.9. The van der Waals surface area contributed by atoms with E-state index in [9.17, 15) is 0 Å². The highest BCUT2D eigenvalue weighted by Gasteiger charge is 2.14. The zero-order chi connectivity index (χ0) is 12.5. The van der Waals surface area contributed by atoms with Crippen LogP contribution < -0.4 is 0 Å². The number of hydrogen-bond acceptors (Lipinski definition) is 2. The lowest BCUT2D eigenvalue weighted by atomic mass is 10.1. The number of halogens is 2. The van der Waals surface area contributed by atoms with Gasteiger partial charge in [-0.15, -0.1) is 11.6 Å². The molecule has 3 nitrogen and oxygen atoms in total. The molecular weight excluding hydrogens is 269 g/mol. The van der Waals surface area contributed by atoms with Gasteiger partial charge in [-0.1, -0.05) is 23.7 Å². The fourth-order valence-corrected chi connectivity index (χ4v) is 2.27. The van der Waals surface area contributed by atoms with Crippen molar-refractivity contribution >= 4 is 28.8 Å². The Kier molecular flexibility index (Phi) is 2.94. The minimum Gasteiger partial charge on any atom is -0.237 e. The predicted octanol–water partition coefficient (Wildman–Crippen LogP) is 3.79. The minimum atomic E-state index is 0.373. The molecule has 3 aromatic rings. The Hall–Kier alpha value is -1.58. The third-order valence-corrected chi connectivity index (χ3v) is 3.26. The molecule has 0 aliphatic rings. The molecule has 2 heterocycles. The summed E-state index contributed by atoms with van der Waals surface area (Å²) >= 11 is 11.9. The summed E-state index contributed by atoms with van der Waals surface area (Å²) in [6, 6.07) is 9.38. The standard InChI is InChI=1S/C13H9Cl2N3/c14-8-11-12(9-2-4-10(15)5-3-9)17-18-7-1-6-16-13(11)18/h1-7H,8H2. The molecule has 5 heteroatoms. The van der Waals surface area contributed by atoms with Gasteiger partial charge in [0.25, 0.3) is 0 Å². The molecule has 90 valence electrons. The molecule has 0 radical (unpaired) electrons. The van der Waals surface area contributed by atoms with Gasteiger partial charge in [-0.05, 0) is 18.2 Å². The van der Waals surface area contributed by atoms with Gasteiger partial charge in [-0.3, -0.25) is 0 Å². The maximum atomic E-state index is 6.01. The van der Waals surface area contributed by atoms with Gasteiger partial charge in [0, 0.05) is 28.5 Å². The molecule has 0 spiro atoms. The number of aromatic nitrogens is 3. The van der Waals surface area contributed by atoms with Crippen molar-refractivity contribution in [2.45, 2.75) is 5.88 Å². The molecule has 0 atom stereocenters. The van der Waals surface area contributed by atoms with Gasteiger partial charge in [0.05, 0.1) is 11.6 Å². The molecule has 1 aromatic carbocycles. The first-order valence-corrected chi connectivity index (χ1v) is 6.35. The van der Waals surface area contributed by atoms with Crippen molar-refractivity contribution in [3.63, 3.8) is 0 Å². The molecule has 18 heavy (non-hydrogen) atoms. The topological polar surface area (TPSA) is 30.2 Å². The molecule has 0 fully saturated rings. The van der Waals surface area contributed by atoms with E-state index in [1.165, 1.54) is 0 Å². The van der Waals surface area contributed by atoms with Crippen molar-refractivity contribution < 1.29 is 0 Å². The van der Waals surface area contributed by atoms with Crippen molar-refractivity contribution in [3.05, 3.63) is 53.3 Å². The quantitative estimate of drug-likeness (QED) is 0.667. The summed E-state index contributed by atoms with van der Waals surface area (Å²) < 4.78 is 1.74. The van der Waals surface area contributed by atoms with Crippen molar-refractivity contribution in [1.29, 1.82) is 0 Å². The average Bonchev–Trinajstić information content (AvgIpc) is 2.78. The maximum absolute atomic E-state index is 6.01. The Labute approximate surface area is 114 Å². The lowest BCUT2D eigenvalue weighted by Crippen LogP contribution is -1.87. The molecule has 0 unspecified atom stereocenters. The van der Waals surface area contributed by atoms with Crippen LogP contribution in [0.15, 0.2) is 42.7 Å². The summed E-state index contributed by atoms with van der Waals surface area (Å²) in [4.78, 5) is 4.31. The van der Waals surface area contributed by atoms with Crippen LogP contribution in [-0.4, -0.2) is 14.6 Å². The van der Waals surface area contributed by atoms with Crippen LogP contribution in [0.4, 0.5) is 0 Å². The molecule has 0 saturated carbocycles. The minimum absolute atomic E-state index is 0.373. The fourth-order valence-electron chi connectivity index (χ4n) is 1.90. The fraction of sp³-hybridized carbons (Fsp3) is 0.0769. The summed E-state index contributed by atoms with van der Waals surface area (Å²) in [5.41, 5.74) is 3.55. The van der Waals surface area contributed by atoms with Gasteiger partial charge in [0.1, 0.15) is 0 Å². The predicted molar refractivity (Wildman–Crippen MR) is 73.0 cm³/mol. The highest BCUT2D eigenvalue weighted by molar-refractivity contribution is 6.30. The van der Waals surface area contributed by atoms with E-state index in [0.717, 1.165) is 22.5 Å². The summed E-state index contributed by atoms with van der Waals surface area (Å²) in [7, 11) is 0. The van der Waals surface area contributed by atoms with Crippen molar-refractivity contribution in [2.75, 3.05) is 0 Å². The van der Waals surface area contributed by atoms with Crippen LogP contribution >= 0.6 is 23.2 Å². The Morgan fingerprint density at radius 1 is 1.17 bits per heavy atom. The van der Waals surface area contributed by atoms with E-state index in [0.29, 0.717) is 10.9 Å². The molecule has 0 aliphatic carbocycles. The third kappa shape index (κ3) is 1.85. The lowest BCUT2D eigenvalue weighted by molar-refractivity contribution is 0.943. The van der Waals surface area contributed by atoms with Crippen LogP contribution in [0.5, 0.6) is 0 Å². The van der Waals surface area contributed by atoms with E-state index in [2.05, 4.69) is 10.1 Å². The highest BCUT2D eigenvalue weighted by atomic mass is 35.5. The monoisotopic (exact) mass is 277 g/mol. The number of alkyl halides is 1. The lowest BCUT2D eigenvalue weighted by Gasteiger charge is -1.99. The summed E-state index contributed by atoms with van der Waals surface area (Å²) in [5.74, 6) is 0.373. The van der Waals surface area contributed by atoms with Gasteiger partial charge in [-0.2, -0.15) is 5.10 Å². The van der Waals surface area contributed by atoms with E-state index in [1.807, 2.05) is 36.5 Å². The maximum Gasteiger partial charge on any atom is 0.159 e. The van der Waals surface area contributed by atoms with Crippen LogP contribution in [0.25, 0.3) is 16.9 Å².